The molecule has 1 heterocycles. The zero-order chi connectivity index (χ0) is 8.43. The molecule has 0 saturated carbocycles. The molecule has 0 atom stereocenters. The second-order valence-electron chi connectivity index (χ2n) is 2.17. The van der Waals surface area contributed by atoms with Crippen LogP contribution in [0.3, 0.4) is 0 Å². The van der Waals surface area contributed by atoms with Crippen molar-refractivity contribution in [3.8, 4) is 0 Å². The number of hydrogen-bond acceptors (Lipinski definition) is 3. The Morgan fingerprint density at radius 2 is 2.27 bits per heavy atom. The van der Waals surface area contributed by atoms with Gasteiger partial charge >= 0.3 is 5.56 Å². The first kappa shape index (κ1) is 8.26. The molecule has 0 unspecified atom stereocenters. The third-order valence-electron chi connectivity index (χ3n) is 1.47. The Morgan fingerprint density at radius 1 is 1.64 bits per heavy atom. The second kappa shape index (κ2) is 3.04. The molecule has 1 aromatic heterocycles. The first-order valence-electron chi connectivity index (χ1n) is 3.16. The van der Waals surface area contributed by atoms with Crippen LogP contribution in [0.15, 0.2) is 9.95 Å². The zero-order valence-corrected chi connectivity index (χ0v) is 7.53. The van der Waals surface area contributed by atoms with Crippen LogP contribution in [-0.2, 0) is 7.05 Å². The van der Waals surface area contributed by atoms with Crippen molar-refractivity contribution < 1.29 is 4.68 Å². The van der Waals surface area contributed by atoms with Crippen LogP contribution < -0.4 is 10.2 Å². The molecule has 1 aromatic rings. The van der Waals surface area contributed by atoms with Gasteiger partial charge in [0.15, 0.2) is 7.05 Å². The lowest BCUT2D eigenvalue weighted by atomic mass is 10.5. The van der Waals surface area contributed by atoms with E-state index in [0.29, 0.717) is 10.9 Å². The predicted molar refractivity (Wildman–Crippen MR) is 42.6 cm³/mol. The fourth-order valence-electron chi connectivity index (χ4n) is 0.663. The highest BCUT2D eigenvalue weighted by molar-refractivity contribution is 7.98. The number of aryl methyl sites for hydroxylation is 1. The molecule has 0 radical (unpaired) electrons. The molecule has 0 saturated heterocycles. The number of aromatic nitrogens is 3. The third kappa shape index (κ3) is 1.59. The smallest absolute Gasteiger partial charge is 0.291 e. The van der Waals surface area contributed by atoms with Gasteiger partial charge in [0.1, 0.15) is 0 Å². The van der Waals surface area contributed by atoms with Gasteiger partial charge in [-0.15, -0.1) is 0 Å². The molecule has 0 fully saturated rings. The number of aromatic amines is 1. The third-order valence-corrected chi connectivity index (χ3v) is 2.04. The van der Waals surface area contributed by atoms with Gasteiger partial charge in [0.2, 0.25) is 5.16 Å². The summed E-state index contributed by atoms with van der Waals surface area (Å²) in [5.41, 5.74) is 0.537. The molecule has 11 heavy (non-hydrogen) atoms. The van der Waals surface area contributed by atoms with Crippen LogP contribution in [0.5, 0.6) is 0 Å². The molecule has 4 nitrogen and oxygen atoms in total. The maximum Gasteiger partial charge on any atom is 0.319 e. The van der Waals surface area contributed by atoms with E-state index in [1.807, 2.05) is 6.26 Å². The first-order valence-corrected chi connectivity index (χ1v) is 4.39. The highest BCUT2D eigenvalue weighted by atomic mass is 32.2. The van der Waals surface area contributed by atoms with Crippen LogP contribution in [0.1, 0.15) is 5.69 Å². The molecule has 0 aliphatic carbocycles. The topological polar surface area (TPSA) is 49.6 Å². The summed E-state index contributed by atoms with van der Waals surface area (Å²) in [6.07, 6.45) is 1.87. The lowest BCUT2D eigenvalue weighted by molar-refractivity contribution is -0.741. The number of rotatable bonds is 1. The molecule has 0 aromatic carbocycles. The number of thioether (sulfide) groups is 1. The molecular formula is C6H10N3OS+. The summed E-state index contributed by atoms with van der Waals surface area (Å²) in [5.74, 6) is 0. The van der Waals surface area contributed by atoms with E-state index < -0.39 is 0 Å². The average molecular weight is 172 g/mol. The van der Waals surface area contributed by atoms with Crippen LogP contribution in [-0.4, -0.2) is 16.3 Å². The summed E-state index contributed by atoms with van der Waals surface area (Å²) in [6, 6.07) is 0. The summed E-state index contributed by atoms with van der Waals surface area (Å²) in [7, 11) is 1.75. The van der Waals surface area contributed by atoms with Gasteiger partial charge in [-0.05, 0) is 6.26 Å². The number of nitrogens with one attached hydrogen (secondary N) is 1. The Kier molecular flexibility index (Phi) is 2.28. The van der Waals surface area contributed by atoms with E-state index in [0.717, 1.165) is 0 Å². The van der Waals surface area contributed by atoms with Crippen molar-refractivity contribution in [1.82, 2.24) is 10.1 Å². The van der Waals surface area contributed by atoms with Gasteiger partial charge in [-0.1, -0.05) is 16.4 Å². The monoisotopic (exact) mass is 172 g/mol. The molecule has 1 N–H and O–H groups in total. The zero-order valence-electron chi connectivity index (χ0n) is 6.71. The minimum absolute atomic E-state index is 0.0770. The quantitative estimate of drug-likeness (QED) is 0.464. The SMILES string of the molecule is CSc1n[n+](C)c(C)c(=O)[nH]1. The van der Waals surface area contributed by atoms with E-state index >= 15 is 0 Å². The maximum atomic E-state index is 11.1. The lowest BCUT2D eigenvalue weighted by Crippen LogP contribution is -2.43. The minimum atomic E-state index is -0.0770. The van der Waals surface area contributed by atoms with Crippen molar-refractivity contribution in [2.75, 3.05) is 6.26 Å². The Morgan fingerprint density at radius 3 is 2.73 bits per heavy atom. The Balaban J connectivity index is 3.32. The molecule has 0 amide bonds. The fraction of sp³-hybridized carbons (Fsp3) is 0.500. The van der Waals surface area contributed by atoms with Gasteiger partial charge in [-0.2, -0.15) is 0 Å². The number of H-pyrrole nitrogens is 1. The maximum absolute atomic E-state index is 11.1. The molecule has 0 spiro atoms. The minimum Gasteiger partial charge on any atom is -0.291 e. The van der Waals surface area contributed by atoms with Gasteiger partial charge in [-0.3, -0.25) is 9.78 Å². The summed E-state index contributed by atoms with van der Waals surface area (Å²) in [6.45, 7) is 1.73. The lowest BCUT2D eigenvalue weighted by Gasteiger charge is -1.92. The van der Waals surface area contributed by atoms with Crippen molar-refractivity contribution in [2.45, 2.75) is 12.1 Å². The second-order valence-corrected chi connectivity index (χ2v) is 2.97. The molecule has 1 rings (SSSR count). The molecular weight excluding hydrogens is 162 g/mol. The van der Waals surface area contributed by atoms with Crippen molar-refractivity contribution in [3.63, 3.8) is 0 Å². The Hall–Kier alpha value is -0.840. The van der Waals surface area contributed by atoms with Crippen LogP contribution in [0.4, 0.5) is 0 Å². The summed E-state index contributed by atoms with van der Waals surface area (Å²) >= 11 is 1.42. The standard InChI is InChI=1S/C6H9N3OS/c1-4-5(10)7-6(11-3)8-9(4)2/h1-3H3/p+1. The fourth-order valence-corrected chi connectivity index (χ4v) is 1.06. The van der Waals surface area contributed by atoms with E-state index in [4.69, 9.17) is 0 Å². The molecule has 5 heteroatoms. The van der Waals surface area contributed by atoms with Crippen molar-refractivity contribution >= 4 is 11.8 Å². The largest absolute Gasteiger partial charge is 0.319 e. The predicted octanol–water partition coefficient (Wildman–Crippen LogP) is -0.375. The van der Waals surface area contributed by atoms with E-state index in [9.17, 15) is 4.79 Å². The van der Waals surface area contributed by atoms with Crippen molar-refractivity contribution in [3.05, 3.63) is 16.0 Å². The number of nitrogens with zero attached hydrogens (tertiary/aromatic N) is 2. The summed E-state index contributed by atoms with van der Waals surface area (Å²) in [5, 5.41) is 4.72. The highest BCUT2D eigenvalue weighted by Gasteiger charge is 2.09. The van der Waals surface area contributed by atoms with Gasteiger partial charge in [0.05, 0.1) is 0 Å². The van der Waals surface area contributed by atoms with Crippen molar-refractivity contribution in [1.29, 1.82) is 0 Å². The first-order chi connectivity index (χ1) is 5.15. The van der Waals surface area contributed by atoms with Crippen LogP contribution in [0.2, 0.25) is 0 Å². The van der Waals surface area contributed by atoms with E-state index in [1.165, 1.54) is 11.8 Å². The normalized spacial score (nSPS) is 10.1. The Bertz CT molecular complexity index is 320. The molecule has 0 aliphatic rings. The van der Waals surface area contributed by atoms with Crippen LogP contribution in [0.25, 0.3) is 0 Å². The van der Waals surface area contributed by atoms with Gasteiger partial charge in [0, 0.05) is 12.0 Å². The molecule has 0 bridgehead atoms. The van der Waals surface area contributed by atoms with E-state index in [2.05, 4.69) is 10.1 Å². The summed E-state index contributed by atoms with van der Waals surface area (Å²) < 4.78 is 1.57. The Labute approximate surface area is 68.6 Å². The molecule has 60 valence electrons. The van der Waals surface area contributed by atoms with Gasteiger partial charge < -0.3 is 0 Å². The van der Waals surface area contributed by atoms with E-state index in [1.54, 1.807) is 18.7 Å². The molecule has 0 aliphatic heterocycles. The highest BCUT2D eigenvalue weighted by Crippen LogP contribution is 2.00. The average Bonchev–Trinajstić information content (AvgIpc) is 1.99. The number of hydrogen-bond donors (Lipinski definition) is 1. The van der Waals surface area contributed by atoms with Crippen LogP contribution >= 0.6 is 11.8 Å². The van der Waals surface area contributed by atoms with Gasteiger partial charge in [0.25, 0.3) is 5.69 Å². The van der Waals surface area contributed by atoms with E-state index in [-0.39, 0.29) is 5.56 Å². The van der Waals surface area contributed by atoms with Gasteiger partial charge in [-0.25, -0.2) is 0 Å². The van der Waals surface area contributed by atoms with Crippen LogP contribution in [0, 0.1) is 6.92 Å². The summed E-state index contributed by atoms with van der Waals surface area (Å²) in [4.78, 5) is 13.7. The van der Waals surface area contributed by atoms with Crippen molar-refractivity contribution in [2.24, 2.45) is 7.05 Å².